The van der Waals surface area contributed by atoms with Crippen molar-refractivity contribution >= 4 is 17.7 Å². The van der Waals surface area contributed by atoms with Crippen LogP contribution in [-0.4, -0.2) is 33.5 Å². The van der Waals surface area contributed by atoms with Crippen LogP contribution in [0.4, 0.5) is 14.6 Å². The zero-order valence-corrected chi connectivity index (χ0v) is 11.5. The summed E-state index contributed by atoms with van der Waals surface area (Å²) in [5.74, 6) is -3.06. The van der Waals surface area contributed by atoms with Gasteiger partial charge in [0, 0.05) is 6.07 Å². The predicted octanol–water partition coefficient (Wildman–Crippen LogP) is 1.37. The number of halogens is 2. The van der Waals surface area contributed by atoms with Gasteiger partial charge in [-0.25, -0.2) is 13.5 Å². The monoisotopic (exact) mass is 310 g/mol. The third-order valence-electron chi connectivity index (χ3n) is 2.55. The SMILES string of the molecule is CCOC(=O)Cn1cc(NC(=O)c2ccc(F)cc2F)nn1. The quantitative estimate of drug-likeness (QED) is 0.843. The fourth-order valence-corrected chi connectivity index (χ4v) is 1.63. The Morgan fingerprint density at radius 3 is 2.82 bits per heavy atom. The first kappa shape index (κ1) is 15.5. The maximum atomic E-state index is 13.5. The molecule has 0 aliphatic heterocycles. The molecule has 0 spiro atoms. The summed E-state index contributed by atoms with van der Waals surface area (Å²) in [6.45, 7) is 1.74. The van der Waals surface area contributed by atoms with Gasteiger partial charge in [-0.3, -0.25) is 9.59 Å². The third-order valence-corrected chi connectivity index (χ3v) is 2.55. The average Bonchev–Trinajstić information content (AvgIpc) is 2.85. The van der Waals surface area contributed by atoms with Crippen LogP contribution >= 0.6 is 0 Å². The van der Waals surface area contributed by atoms with E-state index in [1.54, 1.807) is 6.92 Å². The van der Waals surface area contributed by atoms with E-state index in [9.17, 15) is 18.4 Å². The molecule has 7 nitrogen and oxygen atoms in total. The van der Waals surface area contributed by atoms with Crippen molar-refractivity contribution in [2.45, 2.75) is 13.5 Å². The van der Waals surface area contributed by atoms with Gasteiger partial charge in [0.1, 0.15) is 18.2 Å². The zero-order valence-electron chi connectivity index (χ0n) is 11.5. The smallest absolute Gasteiger partial charge is 0.327 e. The van der Waals surface area contributed by atoms with Gasteiger partial charge in [-0.1, -0.05) is 5.21 Å². The molecular formula is C13H12F2N4O3. The summed E-state index contributed by atoms with van der Waals surface area (Å²) in [5.41, 5.74) is -0.332. The maximum Gasteiger partial charge on any atom is 0.327 e. The standard InChI is InChI=1S/C13H12F2N4O3/c1-2-22-12(20)7-19-6-11(17-18-19)16-13(21)9-4-3-8(14)5-10(9)15/h3-6H,2,7H2,1H3,(H,16,21). The van der Waals surface area contributed by atoms with Crippen LogP contribution in [0.25, 0.3) is 0 Å². The number of carbonyl (C=O) groups is 2. The molecule has 22 heavy (non-hydrogen) atoms. The highest BCUT2D eigenvalue weighted by molar-refractivity contribution is 6.03. The molecule has 1 aromatic heterocycles. The number of carbonyl (C=O) groups excluding carboxylic acids is 2. The summed E-state index contributed by atoms with van der Waals surface area (Å²) in [7, 11) is 0. The van der Waals surface area contributed by atoms with E-state index in [0.717, 1.165) is 16.8 Å². The minimum atomic E-state index is -0.989. The lowest BCUT2D eigenvalue weighted by atomic mass is 10.2. The molecule has 0 saturated heterocycles. The number of nitrogens with one attached hydrogen (secondary N) is 1. The third kappa shape index (κ3) is 3.84. The van der Waals surface area contributed by atoms with E-state index in [4.69, 9.17) is 4.74 Å². The minimum Gasteiger partial charge on any atom is -0.465 e. The minimum absolute atomic E-state index is 0.0259. The molecule has 1 N–H and O–H groups in total. The molecule has 1 amide bonds. The van der Waals surface area contributed by atoms with E-state index in [2.05, 4.69) is 15.6 Å². The van der Waals surface area contributed by atoms with Crippen LogP contribution in [0.2, 0.25) is 0 Å². The zero-order chi connectivity index (χ0) is 16.1. The van der Waals surface area contributed by atoms with Crippen molar-refractivity contribution in [3.05, 3.63) is 41.6 Å². The van der Waals surface area contributed by atoms with Crippen molar-refractivity contribution in [3.8, 4) is 0 Å². The number of anilines is 1. The van der Waals surface area contributed by atoms with Crippen LogP contribution in [0.15, 0.2) is 24.4 Å². The number of nitrogens with zero attached hydrogens (tertiary/aromatic N) is 3. The van der Waals surface area contributed by atoms with E-state index in [1.165, 1.54) is 6.20 Å². The van der Waals surface area contributed by atoms with Crippen LogP contribution in [-0.2, 0) is 16.1 Å². The summed E-state index contributed by atoms with van der Waals surface area (Å²) in [5, 5.41) is 9.53. The lowest BCUT2D eigenvalue weighted by Crippen LogP contribution is -2.14. The maximum absolute atomic E-state index is 13.5. The molecule has 0 aliphatic carbocycles. The van der Waals surface area contributed by atoms with Gasteiger partial charge in [0.2, 0.25) is 0 Å². The van der Waals surface area contributed by atoms with Crippen molar-refractivity contribution < 1.29 is 23.1 Å². The number of amides is 1. The largest absolute Gasteiger partial charge is 0.465 e. The molecule has 0 bridgehead atoms. The second-order valence-electron chi connectivity index (χ2n) is 4.18. The van der Waals surface area contributed by atoms with Crippen molar-refractivity contribution in [3.63, 3.8) is 0 Å². The lowest BCUT2D eigenvalue weighted by Gasteiger charge is -2.03. The number of benzene rings is 1. The molecule has 0 saturated carbocycles. The van der Waals surface area contributed by atoms with Crippen molar-refractivity contribution in [2.75, 3.05) is 11.9 Å². The molecule has 1 heterocycles. The summed E-state index contributed by atoms with van der Waals surface area (Å²) in [6, 6.07) is 2.59. The van der Waals surface area contributed by atoms with Gasteiger partial charge in [-0.15, -0.1) is 5.10 Å². The Bertz CT molecular complexity index is 702. The van der Waals surface area contributed by atoms with Gasteiger partial charge in [-0.05, 0) is 19.1 Å². The number of hydrogen-bond donors (Lipinski definition) is 1. The molecular weight excluding hydrogens is 298 g/mol. The molecule has 0 unspecified atom stereocenters. The first-order chi connectivity index (χ1) is 10.5. The Morgan fingerprint density at radius 1 is 1.36 bits per heavy atom. The van der Waals surface area contributed by atoms with E-state index in [-0.39, 0.29) is 24.5 Å². The van der Waals surface area contributed by atoms with E-state index in [1.807, 2.05) is 0 Å². The van der Waals surface area contributed by atoms with Crippen LogP contribution in [0.3, 0.4) is 0 Å². The highest BCUT2D eigenvalue weighted by Gasteiger charge is 2.14. The molecule has 9 heteroatoms. The summed E-state index contributed by atoms with van der Waals surface area (Å²) < 4.78 is 32.1. The number of hydrogen-bond acceptors (Lipinski definition) is 5. The first-order valence-corrected chi connectivity index (χ1v) is 6.31. The lowest BCUT2D eigenvalue weighted by molar-refractivity contribution is -0.144. The second-order valence-corrected chi connectivity index (χ2v) is 4.18. The van der Waals surface area contributed by atoms with E-state index in [0.29, 0.717) is 6.07 Å². The Labute approximate surface area is 123 Å². The molecule has 0 fully saturated rings. The molecule has 2 aromatic rings. The molecule has 2 rings (SSSR count). The van der Waals surface area contributed by atoms with Gasteiger partial charge in [0.25, 0.3) is 5.91 Å². The molecule has 0 radical (unpaired) electrons. The summed E-state index contributed by atoms with van der Waals surface area (Å²) in [6.07, 6.45) is 1.29. The Morgan fingerprint density at radius 2 is 2.14 bits per heavy atom. The average molecular weight is 310 g/mol. The van der Waals surface area contributed by atoms with Crippen molar-refractivity contribution in [1.29, 1.82) is 0 Å². The molecule has 0 aliphatic rings. The van der Waals surface area contributed by atoms with Gasteiger partial charge in [0.15, 0.2) is 5.82 Å². The van der Waals surface area contributed by atoms with Gasteiger partial charge in [0.05, 0.1) is 18.4 Å². The van der Waals surface area contributed by atoms with Gasteiger partial charge < -0.3 is 10.1 Å². The normalized spacial score (nSPS) is 10.3. The van der Waals surface area contributed by atoms with E-state index < -0.39 is 23.5 Å². The van der Waals surface area contributed by atoms with Crippen LogP contribution in [0, 0.1) is 11.6 Å². The number of aromatic nitrogens is 3. The fourth-order valence-electron chi connectivity index (χ4n) is 1.63. The van der Waals surface area contributed by atoms with Crippen molar-refractivity contribution in [1.82, 2.24) is 15.0 Å². The number of esters is 1. The van der Waals surface area contributed by atoms with E-state index >= 15 is 0 Å². The highest BCUT2D eigenvalue weighted by Crippen LogP contribution is 2.11. The van der Waals surface area contributed by atoms with Crippen LogP contribution in [0.1, 0.15) is 17.3 Å². The molecule has 1 aromatic carbocycles. The fraction of sp³-hybridized carbons (Fsp3) is 0.231. The number of ether oxygens (including phenoxy) is 1. The molecule has 116 valence electrons. The highest BCUT2D eigenvalue weighted by atomic mass is 19.1. The Balaban J connectivity index is 2.03. The number of rotatable bonds is 5. The first-order valence-electron chi connectivity index (χ1n) is 6.31. The topological polar surface area (TPSA) is 86.1 Å². The van der Waals surface area contributed by atoms with Gasteiger partial charge in [-0.2, -0.15) is 0 Å². The van der Waals surface area contributed by atoms with Crippen LogP contribution in [0.5, 0.6) is 0 Å². The Hall–Kier alpha value is -2.84. The Kier molecular flexibility index (Phi) is 4.77. The van der Waals surface area contributed by atoms with Crippen molar-refractivity contribution in [2.24, 2.45) is 0 Å². The summed E-state index contributed by atoms with van der Waals surface area (Å²) in [4.78, 5) is 23.1. The van der Waals surface area contributed by atoms with Gasteiger partial charge >= 0.3 is 5.97 Å². The van der Waals surface area contributed by atoms with Crippen LogP contribution < -0.4 is 5.32 Å². The predicted molar refractivity (Wildman–Crippen MR) is 71.0 cm³/mol. The molecule has 0 atom stereocenters. The second kappa shape index (κ2) is 6.74. The summed E-state index contributed by atoms with van der Waals surface area (Å²) >= 11 is 0.